The van der Waals surface area contributed by atoms with Gasteiger partial charge in [0.25, 0.3) is 0 Å². The Kier molecular flexibility index (Phi) is 4.88. The van der Waals surface area contributed by atoms with Crippen molar-refractivity contribution in [2.45, 2.75) is 77.3 Å². The van der Waals surface area contributed by atoms with E-state index in [9.17, 15) is 4.79 Å². The highest BCUT2D eigenvalue weighted by atomic mass is 16.1. The fraction of sp³-hybridized carbons (Fsp3) is 0.812. The quantitative estimate of drug-likeness (QED) is 0.927. The van der Waals surface area contributed by atoms with Gasteiger partial charge in [0.15, 0.2) is 5.82 Å². The van der Waals surface area contributed by atoms with E-state index in [1.54, 1.807) is 0 Å². The summed E-state index contributed by atoms with van der Waals surface area (Å²) in [5.41, 5.74) is 0. The topological polar surface area (TPSA) is 59.8 Å². The highest BCUT2D eigenvalue weighted by molar-refractivity contribution is 5.76. The van der Waals surface area contributed by atoms with Gasteiger partial charge >= 0.3 is 0 Å². The van der Waals surface area contributed by atoms with Crippen LogP contribution >= 0.6 is 0 Å². The van der Waals surface area contributed by atoms with E-state index < -0.39 is 0 Å². The molecule has 2 aliphatic rings. The van der Waals surface area contributed by atoms with Crippen molar-refractivity contribution in [3.63, 3.8) is 0 Å². The second-order valence-corrected chi connectivity index (χ2v) is 6.48. The number of nitrogens with one attached hydrogen (secondary N) is 1. The molecule has 1 aromatic heterocycles. The first-order chi connectivity index (χ1) is 10.3. The molecule has 0 atom stereocenters. The Morgan fingerprint density at radius 2 is 1.90 bits per heavy atom. The Balaban J connectivity index is 1.50. The molecule has 3 rings (SSSR count). The lowest BCUT2D eigenvalue weighted by Crippen LogP contribution is -2.27. The molecule has 1 saturated carbocycles. The van der Waals surface area contributed by atoms with Gasteiger partial charge in [0.1, 0.15) is 5.82 Å². The summed E-state index contributed by atoms with van der Waals surface area (Å²) in [4.78, 5) is 12.1. The van der Waals surface area contributed by atoms with Crippen molar-refractivity contribution in [3.8, 4) is 0 Å². The number of carbonyl (C=O) groups is 1. The summed E-state index contributed by atoms with van der Waals surface area (Å²) in [5.74, 6) is 2.77. The van der Waals surface area contributed by atoms with Crippen LogP contribution in [0.2, 0.25) is 0 Å². The zero-order chi connectivity index (χ0) is 14.5. The fourth-order valence-electron chi connectivity index (χ4n) is 3.58. The molecule has 1 aromatic rings. The molecule has 5 nitrogen and oxygen atoms in total. The predicted octanol–water partition coefficient (Wildman–Crippen LogP) is 2.59. The van der Waals surface area contributed by atoms with E-state index in [1.165, 1.54) is 51.4 Å². The van der Waals surface area contributed by atoms with Gasteiger partial charge in [-0.2, -0.15) is 0 Å². The Labute approximate surface area is 126 Å². The Morgan fingerprint density at radius 1 is 1.10 bits per heavy atom. The minimum atomic E-state index is 0.174. The third kappa shape index (κ3) is 3.83. The summed E-state index contributed by atoms with van der Waals surface area (Å²) in [6.07, 6.45) is 11.7. The molecule has 1 aliphatic heterocycles. The van der Waals surface area contributed by atoms with Crippen molar-refractivity contribution in [3.05, 3.63) is 11.6 Å². The summed E-state index contributed by atoms with van der Waals surface area (Å²) in [6.45, 7) is 1.52. The second-order valence-electron chi connectivity index (χ2n) is 6.48. The molecule has 2 heterocycles. The molecule has 0 aromatic carbocycles. The highest BCUT2D eigenvalue weighted by Gasteiger charge is 2.18. The zero-order valence-corrected chi connectivity index (χ0v) is 12.8. The van der Waals surface area contributed by atoms with Gasteiger partial charge in [-0.15, -0.1) is 10.2 Å². The number of hydrogen-bond donors (Lipinski definition) is 1. The third-order valence-electron chi connectivity index (χ3n) is 4.83. The number of nitrogens with zero attached hydrogens (tertiary/aromatic N) is 3. The summed E-state index contributed by atoms with van der Waals surface area (Å²) in [6, 6.07) is 0. The summed E-state index contributed by atoms with van der Waals surface area (Å²) in [5, 5.41) is 11.6. The highest BCUT2D eigenvalue weighted by Crippen LogP contribution is 2.26. The molecule has 0 unspecified atom stereocenters. The molecule has 0 bridgehead atoms. The minimum absolute atomic E-state index is 0.174. The molecule has 5 heteroatoms. The number of rotatable bonds is 4. The van der Waals surface area contributed by atoms with Crippen molar-refractivity contribution in [2.75, 3.05) is 0 Å². The van der Waals surface area contributed by atoms with E-state index >= 15 is 0 Å². The normalized spacial score (nSPS) is 19.8. The van der Waals surface area contributed by atoms with Gasteiger partial charge in [-0.25, -0.2) is 0 Å². The number of amides is 1. The van der Waals surface area contributed by atoms with Crippen LogP contribution in [0.15, 0.2) is 0 Å². The Morgan fingerprint density at radius 3 is 2.76 bits per heavy atom. The molecule has 0 saturated heterocycles. The van der Waals surface area contributed by atoms with Crippen LogP contribution in [0.3, 0.4) is 0 Å². The van der Waals surface area contributed by atoms with Gasteiger partial charge in [-0.05, 0) is 31.6 Å². The van der Waals surface area contributed by atoms with Crippen molar-refractivity contribution < 1.29 is 4.79 Å². The van der Waals surface area contributed by atoms with Crippen LogP contribution in [0.5, 0.6) is 0 Å². The maximum Gasteiger partial charge on any atom is 0.220 e. The molecule has 1 amide bonds. The fourth-order valence-corrected chi connectivity index (χ4v) is 3.58. The summed E-state index contributed by atoms with van der Waals surface area (Å²) < 4.78 is 2.20. The van der Waals surface area contributed by atoms with Gasteiger partial charge in [-0.1, -0.05) is 25.7 Å². The zero-order valence-electron chi connectivity index (χ0n) is 12.8. The lowest BCUT2D eigenvalue weighted by molar-refractivity contribution is -0.122. The summed E-state index contributed by atoms with van der Waals surface area (Å²) in [7, 11) is 0. The Bertz CT molecular complexity index is 477. The largest absolute Gasteiger partial charge is 0.349 e. The van der Waals surface area contributed by atoms with E-state index in [2.05, 4.69) is 20.1 Å². The number of aromatic nitrogens is 3. The molecule has 1 N–H and O–H groups in total. The SMILES string of the molecule is O=C(CC1CCCCC1)NCc1nnc2n1CCCCC2. The van der Waals surface area contributed by atoms with Crippen LogP contribution < -0.4 is 5.32 Å². The molecule has 21 heavy (non-hydrogen) atoms. The van der Waals surface area contributed by atoms with E-state index in [1.807, 2.05) is 0 Å². The second kappa shape index (κ2) is 7.05. The molecule has 116 valence electrons. The summed E-state index contributed by atoms with van der Waals surface area (Å²) >= 11 is 0. The first kappa shape index (κ1) is 14.5. The third-order valence-corrected chi connectivity index (χ3v) is 4.83. The van der Waals surface area contributed by atoms with Gasteiger partial charge in [-0.3, -0.25) is 4.79 Å². The van der Waals surface area contributed by atoms with Crippen molar-refractivity contribution in [1.29, 1.82) is 0 Å². The molecule has 0 spiro atoms. The number of aryl methyl sites for hydroxylation is 1. The van der Waals surface area contributed by atoms with Crippen molar-refractivity contribution in [1.82, 2.24) is 20.1 Å². The van der Waals surface area contributed by atoms with Gasteiger partial charge < -0.3 is 9.88 Å². The van der Waals surface area contributed by atoms with Crippen LogP contribution in [0.4, 0.5) is 0 Å². The number of carbonyl (C=O) groups excluding carboxylic acids is 1. The lowest BCUT2D eigenvalue weighted by Gasteiger charge is -2.20. The predicted molar refractivity (Wildman–Crippen MR) is 80.6 cm³/mol. The average Bonchev–Trinajstić information content (AvgIpc) is 2.73. The average molecular weight is 290 g/mol. The van der Waals surface area contributed by atoms with Gasteiger partial charge in [0, 0.05) is 19.4 Å². The van der Waals surface area contributed by atoms with E-state index in [0.29, 0.717) is 18.9 Å². The minimum Gasteiger partial charge on any atom is -0.349 e. The number of fused-ring (bicyclic) bond motifs is 1. The molecular weight excluding hydrogens is 264 g/mol. The lowest BCUT2D eigenvalue weighted by atomic mass is 9.87. The van der Waals surface area contributed by atoms with Crippen molar-refractivity contribution in [2.24, 2.45) is 5.92 Å². The standard InChI is InChI=1S/C16H26N4O/c21-16(11-13-7-3-1-4-8-13)17-12-15-19-18-14-9-5-2-6-10-20(14)15/h13H,1-12H2,(H,17,21). The van der Waals surface area contributed by atoms with Crippen LogP contribution in [-0.4, -0.2) is 20.7 Å². The smallest absolute Gasteiger partial charge is 0.220 e. The van der Waals surface area contributed by atoms with E-state index in [4.69, 9.17) is 0 Å². The first-order valence-corrected chi connectivity index (χ1v) is 8.50. The first-order valence-electron chi connectivity index (χ1n) is 8.50. The van der Waals surface area contributed by atoms with Crippen LogP contribution in [-0.2, 0) is 24.3 Å². The van der Waals surface area contributed by atoms with Crippen LogP contribution in [0.1, 0.15) is 69.4 Å². The van der Waals surface area contributed by atoms with E-state index in [-0.39, 0.29) is 5.91 Å². The number of hydrogen-bond acceptors (Lipinski definition) is 3. The van der Waals surface area contributed by atoms with Gasteiger partial charge in [0.2, 0.25) is 5.91 Å². The van der Waals surface area contributed by atoms with Crippen LogP contribution in [0, 0.1) is 5.92 Å². The monoisotopic (exact) mass is 290 g/mol. The molecule has 1 aliphatic carbocycles. The molecular formula is C16H26N4O. The molecule has 1 fully saturated rings. The molecule has 0 radical (unpaired) electrons. The Hall–Kier alpha value is -1.39. The maximum absolute atomic E-state index is 12.1. The van der Waals surface area contributed by atoms with Crippen LogP contribution in [0.25, 0.3) is 0 Å². The van der Waals surface area contributed by atoms with E-state index in [0.717, 1.165) is 24.6 Å². The maximum atomic E-state index is 12.1. The van der Waals surface area contributed by atoms with Gasteiger partial charge in [0.05, 0.1) is 6.54 Å². The van der Waals surface area contributed by atoms with Crippen molar-refractivity contribution >= 4 is 5.91 Å².